The van der Waals surface area contributed by atoms with Gasteiger partial charge >= 0.3 is 0 Å². The molecule has 0 radical (unpaired) electrons. The van der Waals surface area contributed by atoms with Gasteiger partial charge in [-0.15, -0.1) is 0 Å². The van der Waals surface area contributed by atoms with Gasteiger partial charge in [0.2, 0.25) is 0 Å². The molecule has 1 N–H and O–H groups in total. The summed E-state index contributed by atoms with van der Waals surface area (Å²) in [5.41, 5.74) is 1.16. The summed E-state index contributed by atoms with van der Waals surface area (Å²) in [6.07, 6.45) is 4.88. The van der Waals surface area contributed by atoms with Crippen molar-refractivity contribution in [2.75, 3.05) is 5.75 Å². The quantitative estimate of drug-likeness (QED) is 0.891. The van der Waals surface area contributed by atoms with Crippen LogP contribution in [0.3, 0.4) is 0 Å². The first-order valence-electron chi connectivity index (χ1n) is 6.06. The molecule has 3 nitrogen and oxygen atoms in total. The maximum absolute atomic E-state index is 4.58. The van der Waals surface area contributed by atoms with E-state index in [0.717, 1.165) is 28.9 Å². The normalized spacial score (nSPS) is 22.1. The summed E-state index contributed by atoms with van der Waals surface area (Å²) in [5.74, 6) is 1.88. The van der Waals surface area contributed by atoms with Crippen molar-refractivity contribution < 1.29 is 0 Å². The molecule has 1 aromatic heterocycles. The minimum Gasteiger partial charge on any atom is -0.361 e. The first-order chi connectivity index (χ1) is 8.24. The Bertz CT molecular complexity index is 376. The molecule has 0 bridgehead atoms. The molecule has 0 saturated carbocycles. The molecule has 1 unspecified atom stereocenters. The number of hydrogen-bond donors (Lipinski definition) is 1. The molecule has 1 aromatic rings. The Hall–Kier alpha value is -1.03. The highest BCUT2D eigenvalue weighted by Gasteiger charge is 2.20. The number of aliphatic imine (C=N–C) groups is 1. The number of rotatable bonds is 4. The molecule has 1 atom stereocenters. The summed E-state index contributed by atoms with van der Waals surface area (Å²) in [7, 11) is 0. The molecule has 17 heavy (non-hydrogen) atoms. The Morgan fingerprint density at radius 3 is 3.18 bits per heavy atom. The van der Waals surface area contributed by atoms with Crippen LogP contribution in [-0.4, -0.2) is 21.9 Å². The summed E-state index contributed by atoms with van der Waals surface area (Å²) in [4.78, 5) is 8.67. The molecule has 4 heteroatoms. The third kappa shape index (κ3) is 4.04. The fraction of sp³-hybridized carbons (Fsp3) is 0.538. The van der Waals surface area contributed by atoms with Crippen LogP contribution < -0.4 is 5.32 Å². The zero-order valence-corrected chi connectivity index (χ0v) is 11.2. The Balaban J connectivity index is 1.84. The van der Waals surface area contributed by atoms with Crippen molar-refractivity contribution in [2.45, 2.75) is 32.9 Å². The van der Waals surface area contributed by atoms with E-state index >= 15 is 0 Å². The number of amidine groups is 1. The summed E-state index contributed by atoms with van der Waals surface area (Å²) in [6.45, 7) is 5.24. The Labute approximate surface area is 107 Å². The maximum Gasteiger partial charge on any atom is 0.157 e. The van der Waals surface area contributed by atoms with Crippen LogP contribution in [0, 0.1) is 5.92 Å². The Morgan fingerprint density at radius 2 is 2.47 bits per heavy atom. The standard InChI is InChI=1S/C13H19N3S/c1-10(2)6-12-9-17-13(16-12)15-8-11-4-3-5-14-7-11/h3-5,7,10,12H,6,8-9H2,1-2H3,(H,15,16). The third-order valence-corrected chi connectivity index (χ3v) is 3.72. The van der Waals surface area contributed by atoms with Crippen molar-refractivity contribution in [3.8, 4) is 0 Å². The van der Waals surface area contributed by atoms with Crippen LogP contribution in [0.15, 0.2) is 29.5 Å². The fourth-order valence-electron chi connectivity index (χ4n) is 1.88. The molecule has 2 rings (SSSR count). The van der Waals surface area contributed by atoms with Crippen molar-refractivity contribution in [3.05, 3.63) is 30.1 Å². The van der Waals surface area contributed by atoms with Gasteiger partial charge in [-0.1, -0.05) is 31.7 Å². The SMILES string of the molecule is CC(C)CC1CSC(=NCc2cccnc2)N1. The van der Waals surface area contributed by atoms with Gasteiger partial charge in [0.15, 0.2) is 5.17 Å². The van der Waals surface area contributed by atoms with Gasteiger partial charge < -0.3 is 5.32 Å². The van der Waals surface area contributed by atoms with E-state index in [2.05, 4.69) is 35.2 Å². The van der Waals surface area contributed by atoms with Gasteiger partial charge in [-0.25, -0.2) is 0 Å². The maximum atomic E-state index is 4.58. The van der Waals surface area contributed by atoms with Gasteiger partial charge in [0.25, 0.3) is 0 Å². The van der Waals surface area contributed by atoms with Crippen molar-refractivity contribution in [1.82, 2.24) is 10.3 Å². The zero-order chi connectivity index (χ0) is 12.1. The first kappa shape index (κ1) is 12.4. The Kier molecular flexibility index (Phi) is 4.42. The van der Waals surface area contributed by atoms with Crippen LogP contribution in [0.1, 0.15) is 25.8 Å². The van der Waals surface area contributed by atoms with E-state index in [1.165, 1.54) is 6.42 Å². The smallest absolute Gasteiger partial charge is 0.157 e. The van der Waals surface area contributed by atoms with E-state index in [0.29, 0.717) is 6.04 Å². The predicted molar refractivity (Wildman–Crippen MR) is 74.2 cm³/mol. The molecule has 2 heterocycles. The van der Waals surface area contributed by atoms with Crippen LogP contribution >= 0.6 is 11.8 Å². The average Bonchev–Trinajstić information content (AvgIpc) is 2.75. The van der Waals surface area contributed by atoms with Gasteiger partial charge in [-0.05, 0) is 24.0 Å². The van der Waals surface area contributed by atoms with Gasteiger partial charge in [-0.3, -0.25) is 9.98 Å². The molecule has 1 aliphatic rings. The first-order valence-corrected chi connectivity index (χ1v) is 7.05. The zero-order valence-electron chi connectivity index (χ0n) is 10.4. The van der Waals surface area contributed by atoms with Crippen LogP contribution in [-0.2, 0) is 6.54 Å². The van der Waals surface area contributed by atoms with Crippen molar-refractivity contribution >= 4 is 16.9 Å². The number of nitrogens with zero attached hydrogens (tertiary/aromatic N) is 2. The number of aromatic nitrogens is 1. The lowest BCUT2D eigenvalue weighted by molar-refractivity contribution is 0.502. The van der Waals surface area contributed by atoms with Gasteiger partial charge in [0.1, 0.15) is 0 Å². The highest BCUT2D eigenvalue weighted by Crippen LogP contribution is 2.19. The van der Waals surface area contributed by atoms with E-state index in [-0.39, 0.29) is 0 Å². The van der Waals surface area contributed by atoms with Crippen LogP contribution in [0.5, 0.6) is 0 Å². The molecule has 0 amide bonds. The number of hydrogen-bond acceptors (Lipinski definition) is 3. The topological polar surface area (TPSA) is 37.3 Å². The minimum atomic E-state index is 0.590. The van der Waals surface area contributed by atoms with Gasteiger partial charge in [0, 0.05) is 24.2 Å². The number of thioether (sulfide) groups is 1. The van der Waals surface area contributed by atoms with Crippen LogP contribution in [0.25, 0.3) is 0 Å². The fourth-order valence-corrected chi connectivity index (χ4v) is 2.86. The highest BCUT2D eigenvalue weighted by molar-refractivity contribution is 8.14. The summed E-state index contributed by atoms with van der Waals surface area (Å²) < 4.78 is 0. The second kappa shape index (κ2) is 6.05. The van der Waals surface area contributed by atoms with Crippen molar-refractivity contribution in [3.63, 3.8) is 0 Å². The van der Waals surface area contributed by atoms with E-state index in [1.807, 2.05) is 24.0 Å². The molecule has 1 fully saturated rings. The molecule has 1 saturated heterocycles. The summed E-state index contributed by atoms with van der Waals surface area (Å²) in [5, 5.41) is 4.57. The molecular weight excluding hydrogens is 230 g/mol. The number of nitrogens with one attached hydrogen (secondary N) is 1. The lowest BCUT2D eigenvalue weighted by Crippen LogP contribution is -2.28. The van der Waals surface area contributed by atoms with E-state index in [1.54, 1.807) is 6.20 Å². The van der Waals surface area contributed by atoms with Gasteiger partial charge in [-0.2, -0.15) is 0 Å². The van der Waals surface area contributed by atoms with Crippen LogP contribution in [0.2, 0.25) is 0 Å². The van der Waals surface area contributed by atoms with E-state index < -0.39 is 0 Å². The minimum absolute atomic E-state index is 0.590. The van der Waals surface area contributed by atoms with Crippen molar-refractivity contribution in [2.24, 2.45) is 10.9 Å². The molecule has 1 aliphatic heterocycles. The van der Waals surface area contributed by atoms with Crippen molar-refractivity contribution in [1.29, 1.82) is 0 Å². The average molecular weight is 249 g/mol. The highest BCUT2D eigenvalue weighted by atomic mass is 32.2. The lowest BCUT2D eigenvalue weighted by atomic mass is 10.1. The lowest BCUT2D eigenvalue weighted by Gasteiger charge is -2.11. The molecular formula is C13H19N3S. The largest absolute Gasteiger partial charge is 0.361 e. The monoisotopic (exact) mass is 249 g/mol. The summed E-state index contributed by atoms with van der Waals surface area (Å²) in [6, 6.07) is 4.60. The van der Waals surface area contributed by atoms with E-state index in [9.17, 15) is 0 Å². The predicted octanol–water partition coefficient (Wildman–Crippen LogP) is 2.69. The molecule has 0 spiro atoms. The molecule has 0 aromatic carbocycles. The molecule has 0 aliphatic carbocycles. The Morgan fingerprint density at radius 1 is 1.59 bits per heavy atom. The second-order valence-corrected chi connectivity index (χ2v) is 5.77. The molecule has 92 valence electrons. The van der Waals surface area contributed by atoms with E-state index in [4.69, 9.17) is 0 Å². The van der Waals surface area contributed by atoms with Crippen LogP contribution in [0.4, 0.5) is 0 Å². The van der Waals surface area contributed by atoms with Gasteiger partial charge in [0.05, 0.1) is 6.54 Å². The third-order valence-electron chi connectivity index (χ3n) is 2.63. The number of pyridine rings is 1. The second-order valence-electron chi connectivity index (χ2n) is 4.76. The summed E-state index contributed by atoms with van der Waals surface area (Å²) >= 11 is 1.83.